The fourth-order valence-electron chi connectivity index (χ4n) is 4.83. The highest BCUT2D eigenvalue weighted by Gasteiger charge is 2.54. The number of fused-ring (bicyclic) bond motifs is 1. The quantitative estimate of drug-likeness (QED) is 0.687. The van der Waals surface area contributed by atoms with E-state index in [4.69, 9.17) is 4.98 Å². The number of para-hydroxylation sites is 1. The van der Waals surface area contributed by atoms with Gasteiger partial charge in [-0.2, -0.15) is 0 Å². The summed E-state index contributed by atoms with van der Waals surface area (Å²) < 4.78 is 14.9. The molecule has 2 heterocycles. The second-order valence-electron chi connectivity index (χ2n) is 8.41. The molecule has 0 spiro atoms. The Balaban J connectivity index is 1.56. The van der Waals surface area contributed by atoms with Crippen molar-refractivity contribution in [2.24, 2.45) is 0 Å². The van der Waals surface area contributed by atoms with Crippen LogP contribution in [0.1, 0.15) is 43.1 Å². The smallest absolute Gasteiger partial charge is 0.261 e. The van der Waals surface area contributed by atoms with Gasteiger partial charge in [-0.25, -0.2) is 9.37 Å². The number of rotatable bonds is 5. The van der Waals surface area contributed by atoms with Gasteiger partial charge in [-0.3, -0.25) is 14.2 Å². The minimum Gasteiger partial charge on any atom is -0.395 e. The number of hydrogen-bond acceptors (Lipinski definition) is 4. The summed E-state index contributed by atoms with van der Waals surface area (Å²) >= 11 is 0. The third kappa shape index (κ3) is 3.24. The lowest BCUT2D eigenvalue weighted by molar-refractivity contribution is -0.135. The van der Waals surface area contributed by atoms with E-state index in [0.29, 0.717) is 29.7 Å². The predicted octanol–water partition coefficient (Wildman–Crippen LogP) is 2.92. The van der Waals surface area contributed by atoms with Crippen molar-refractivity contribution in [3.05, 3.63) is 76.1 Å². The van der Waals surface area contributed by atoms with Crippen LogP contribution in [0.4, 0.5) is 4.39 Å². The molecule has 3 aromatic rings. The molecule has 1 aliphatic carbocycles. The normalized spacial score (nSPS) is 19.7. The van der Waals surface area contributed by atoms with Crippen LogP contribution < -0.4 is 5.56 Å². The van der Waals surface area contributed by atoms with Crippen LogP contribution in [0.15, 0.2) is 53.3 Å². The molecule has 1 unspecified atom stereocenters. The lowest BCUT2D eigenvalue weighted by Gasteiger charge is -2.30. The molecule has 2 fully saturated rings. The van der Waals surface area contributed by atoms with Gasteiger partial charge in [0, 0.05) is 6.54 Å². The molecule has 7 heteroatoms. The van der Waals surface area contributed by atoms with Crippen molar-refractivity contribution in [3.63, 3.8) is 0 Å². The van der Waals surface area contributed by atoms with Crippen molar-refractivity contribution in [1.82, 2.24) is 14.5 Å². The lowest BCUT2D eigenvalue weighted by atomic mass is 9.94. The van der Waals surface area contributed by atoms with Crippen LogP contribution in [-0.2, 0) is 16.8 Å². The van der Waals surface area contributed by atoms with Gasteiger partial charge in [-0.05, 0) is 55.5 Å². The highest BCUT2D eigenvalue weighted by atomic mass is 19.1. The third-order valence-electron chi connectivity index (χ3n) is 6.58. The number of aliphatic hydroxyl groups excluding tert-OH is 1. The van der Waals surface area contributed by atoms with E-state index >= 15 is 0 Å². The molecule has 1 amide bonds. The summed E-state index contributed by atoms with van der Waals surface area (Å²) in [5.74, 6) is 0.220. The SMILES string of the molecule is O=C(N1CCCC1c1nc2ccccc2c(=O)n1CCO)C1(c2ccc(F)cc2)CC1. The minimum absolute atomic E-state index is 0.0135. The van der Waals surface area contributed by atoms with Gasteiger partial charge >= 0.3 is 0 Å². The number of carbonyl (C=O) groups excluding carboxylic acids is 1. The van der Waals surface area contributed by atoms with E-state index in [2.05, 4.69) is 0 Å². The Morgan fingerprint density at radius 2 is 1.90 bits per heavy atom. The van der Waals surface area contributed by atoms with E-state index < -0.39 is 5.41 Å². The molecule has 160 valence electrons. The number of halogens is 1. The second kappa shape index (κ2) is 7.57. The Bertz CT molecular complexity index is 1200. The van der Waals surface area contributed by atoms with Crippen molar-refractivity contribution in [2.45, 2.75) is 43.7 Å². The van der Waals surface area contributed by atoms with Crippen molar-refractivity contribution in [2.75, 3.05) is 13.2 Å². The standard InChI is InChI=1S/C24H24FN3O3/c25-17-9-7-16(8-10-17)24(11-12-24)23(31)27-13-3-6-20(27)21-26-19-5-2-1-4-18(19)22(30)28(21)14-15-29/h1-2,4-5,7-10,20,29H,3,6,11-15H2. The average molecular weight is 421 g/mol. The lowest BCUT2D eigenvalue weighted by Crippen LogP contribution is -2.41. The number of benzene rings is 2. The van der Waals surface area contributed by atoms with Crippen LogP contribution in [-0.4, -0.2) is 38.6 Å². The first-order valence-corrected chi connectivity index (χ1v) is 10.7. The van der Waals surface area contributed by atoms with Crippen molar-refractivity contribution in [1.29, 1.82) is 0 Å². The molecular formula is C24H24FN3O3. The van der Waals surface area contributed by atoms with Crippen LogP contribution in [0, 0.1) is 5.82 Å². The summed E-state index contributed by atoms with van der Waals surface area (Å²) in [7, 11) is 0. The first-order valence-electron chi connectivity index (χ1n) is 10.7. The average Bonchev–Trinajstić information content (AvgIpc) is 3.45. The molecule has 1 N–H and O–H groups in total. The first kappa shape index (κ1) is 19.9. The number of nitrogens with zero attached hydrogens (tertiary/aromatic N) is 3. The molecule has 0 radical (unpaired) electrons. The summed E-state index contributed by atoms with van der Waals surface area (Å²) in [5.41, 5.74) is 0.614. The van der Waals surface area contributed by atoms with Crippen LogP contribution in [0.3, 0.4) is 0 Å². The summed E-state index contributed by atoms with van der Waals surface area (Å²) in [4.78, 5) is 33.4. The van der Waals surface area contributed by atoms with Crippen molar-refractivity contribution in [3.8, 4) is 0 Å². The van der Waals surface area contributed by atoms with E-state index in [-0.39, 0.29) is 36.5 Å². The van der Waals surface area contributed by atoms with E-state index in [0.717, 1.165) is 24.8 Å². The number of aromatic nitrogens is 2. The Kier molecular flexibility index (Phi) is 4.85. The maximum absolute atomic E-state index is 13.7. The maximum atomic E-state index is 13.7. The monoisotopic (exact) mass is 421 g/mol. The largest absolute Gasteiger partial charge is 0.395 e. The molecule has 31 heavy (non-hydrogen) atoms. The zero-order chi connectivity index (χ0) is 21.6. The minimum atomic E-state index is -0.616. The molecule has 2 aliphatic rings. The van der Waals surface area contributed by atoms with Gasteiger partial charge in [0.15, 0.2) is 0 Å². The Morgan fingerprint density at radius 3 is 2.61 bits per heavy atom. The van der Waals surface area contributed by atoms with Gasteiger partial charge in [0.25, 0.3) is 5.56 Å². The number of likely N-dealkylation sites (tertiary alicyclic amines) is 1. The Labute approximate surface area is 178 Å². The predicted molar refractivity (Wildman–Crippen MR) is 114 cm³/mol. The van der Waals surface area contributed by atoms with Gasteiger partial charge in [0.1, 0.15) is 11.6 Å². The fourth-order valence-corrected chi connectivity index (χ4v) is 4.83. The molecule has 2 aromatic carbocycles. The molecule has 1 aliphatic heterocycles. The summed E-state index contributed by atoms with van der Waals surface area (Å²) in [5, 5.41) is 10.1. The molecule has 1 saturated heterocycles. The molecule has 0 bridgehead atoms. The van der Waals surface area contributed by atoms with Crippen LogP contribution in [0.25, 0.3) is 10.9 Å². The van der Waals surface area contributed by atoms with Crippen molar-refractivity contribution >= 4 is 16.8 Å². The summed E-state index contributed by atoms with van der Waals surface area (Å²) in [6, 6.07) is 13.0. The highest BCUT2D eigenvalue weighted by Crippen LogP contribution is 2.51. The Hall–Kier alpha value is -3.06. The van der Waals surface area contributed by atoms with E-state index in [9.17, 15) is 19.1 Å². The number of aliphatic hydroxyl groups is 1. The summed E-state index contributed by atoms with van der Waals surface area (Å²) in [6.07, 6.45) is 2.99. The van der Waals surface area contributed by atoms with Crippen LogP contribution >= 0.6 is 0 Å². The van der Waals surface area contributed by atoms with Crippen LogP contribution in [0.5, 0.6) is 0 Å². The van der Waals surface area contributed by atoms with Gasteiger partial charge in [0.2, 0.25) is 5.91 Å². The van der Waals surface area contributed by atoms with E-state index in [1.165, 1.54) is 16.7 Å². The third-order valence-corrected chi connectivity index (χ3v) is 6.58. The molecule has 1 aromatic heterocycles. The molecular weight excluding hydrogens is 397 g/mol. The maximum Gasteiger partial charge on any atom is 0.261 e. The number of hydrogen-bond donors (Lipinski definition) is 1. The first-order chi connectivity index (χ1) is 15.0. The van der Waals surface area contributed by atoms with Crippen molar-refractivity contribution < 1.29 is 14.3 Å². The number of carbonyl (C=O) groups is 1. The molecule has 1 saturated carbocycles. The summed E-state index contributed by atoms with van der Waals surface area (Å²) in [6.45, 7) is 0.537. The van der Waals surface area contributed by atoms with E-state index in [1.54, 1.807) is 30.3 Å². The molecule has 6 nitrogen and oxygen atoms in total. The molecule has 1 atom stereocenters. The topological polar surface area (TPSA) is 75.4 Å². The van der Waals surface area contributed by atoms with Gasteiger partial charge in [0.05, 0.1) is 35.5 Å². The molecule has 5 rings (SSSR count). The van der Waals surface area contributed by atoms with Crippen LogP contribution in [0.2, 0.25) is 0 Å². The zero-order valence-corrected chi connectivity index (χ0v) is 17.1. The number of amides is 1. The van der Waals surface area contributed by atoms with Gasteiger partial charge in [-0.1, -0.05) is 24.3 Å². The van der Waals surface area contributed by atoms with E-state index in [1.807, 2.05) is 11.0 Å². The highest BCUT2D eigenvalue weighted by molar-refractivity contribution is 5.92. The second-order valence-corrected chi connectivity index (χ2v) is 8.41. The van der Waals surface area contributed by atoms with Gasteiger partial charge in [-0.15, -0.1) is 0 Å². The zero-order valence-electron chi connectivity index (χ0n) is 17.1. The fraction of sp³-hybridized carbons (Fsp3) is 0.375. The Morgan fingerprint density at radius 1 is 1.16 bits per heavy atom. The van der Waals surface area contributed by atoms with Gasteiger partial charge < -0.3 is 10.0 Å².